The Bertz CT molecular complexity index is 669. The normalized spacial score (nSPS) is 17.3. The molecule has 6 nitrogen and oxygen atoms in total. The van der Waals surface area contributed by atoms with Gasteiger partial charge >= 0.3 is 0 Å². The van der Waals surface area contributed by atoms with Gasteiger partial charge in [-0.05, 0) is 33.9 Å². The Hall–Kier alpha value is -1.47. The molecule has 0 aromatic carbocycles. The summed E-state index contributed by atoms with van der Waals surface area (Å²) in [6.45, 7) is 3.80. The van der Waals surface area contributed by atoms with E-state index in [1.807, 2.05) is 6.92 Å². The molecule has 0 spiro atoms. The summed E-state index contributed by atoms with van der Waals surface area (Å²) < 4.78 is 1.41. The van der Waals surface area contributed by atoms with Crippen LogP contribution in [0.15, 0.2) is 10.9 Å². The van der Waals surface area contributed by atoms with Crippen molar-refractivity contribution in [2.24, 2.45) is 0 Å². The maximum absolute atomic E-state index is 11.9. The Balaban J connectivity index is 1.85. The SMILES string of the molecule is Cc1cc(=O)n2nc(N3CCC(N(C)C)CC3)sc2n1. The van der Waals surface area contributed by atoms with Crippen LogP contribution in [0.2, 0.25) is 0 Å². The van der Waals surface area contributed by atoms with Crippen molar-refractivity contribution >= 4 is 21.4 Å². The van der Waals surface area contributed by atoms with E-state index in [-0.39, 0.29) is 5.56 Å². The van der Waals surface area contributed by atoms with Crippen LogP contribution in [-0.2, 0) is 0 Å². The molecule has 1 aliphatic heterocycles. The molecule has 0 amide bonds. The molecular formula is C13H19N5OS. The molecule has 2 aromatic rings. The van der Waals surface area contributed by atoms with Crippen LogP contribution < -0.4 is 10.5 Å². The van der Waals surface area contributed by atoms with E-state index in [2.05, 4.69) is 34.0 Å². The van der Waals surface area contributed by atoms with Gasteiger partial charge in [-0.15, -0.1) is 5.10 Å². The second-order valence-electron chi connectivity index (χ2n) is 5.50. The molecule has 0 saturated carbocycles. The van der Waals surface area contributed by atoms with Crippen LogP contribution in [0.4, 0.5) is 5.13 Å². The number of anilines is 1. The molecule has 0 unspecified atom stereocenters. The van der Waals surface area contributed by atoms with E-state index in [0.717, 1.165) is 36.8 Å². The molecule has 3 heterocycles. The predicted molar refractivity (Wildman–Crippen MR) is 80.8 cm³/mol. The second-order valence-corrected chi connectivity index (χ2v) is 6.43. The number of aryl methyl sites for hydroxylation is 1. The highest BCUT2D eigenvalue weighted by Crippen LogP contribution is 2.25. The van der Waals surface area contributed by atoms with E-state index >= 15 is 0 Å². The topological polar surface area (TPSA) is 53.7 Å². The van der Waals surface area contributed by atoms with Gasteiger partial charge in [-0.25, -0.2) is 4.98 Å². The molecule has 0 atom stereocenters. The lowest BCUT2D eigenvalue weighted by Gasteiger charge is -2.34. The Morgan fingerprint density at radius 3 is 2.70 bits per heavy atom. The first-order chi connectivity index (χ1) is 9.54. The van der Waals surface area contributed by atoms with E-state index in [0.29, 0.717) is 11.0 Å². The molecule has 1 fully saturated rings. The fraction of sp³-hybridized carbons (Fsp3) is 0.615. The Morgan fingerprint density at radius 2 is 2.05 bits per heavy atom. The van der Waals surface area contributed by atoms with E-state index < -0.39 is 0 Å². The van der Waals surface area contributed by atoms with Crippen molar-refractivity contribution in [2.75, 3.05) is 32.1 Å². The summed E-state index contributed by atoms with van der Waals surface area (Å²) in [5.74, 6) is 0. The van der Waals surface area contributed by atoms with E-state index in [4.69, 9.17) is 0 Å². The summed E-state index contributed by atoms with van der Waals surface area (Å²) in [4.78, 5) is 21.5. The van der Waals surface area contributed by atoms with Gasteiger partial charge in [-0.3, -0.25) is 4.79 Å². The van der Waals surface area contributed by atoms with Crippen LogP contribution in [-0.4, -0.2) is 52.7 Å². The standard InChI is InChI=1S/C13H19N5OS/c1-9-8-11(19)18-12(14-9)20-13(15-18)17-6-4-10(5-7-17)16(2)3/h8,10H,4-7H2,1-3H3. The van der Waals surface area contributed by atoms with Crippen molar-refractivity contribution in [3.8, 4) is 0 Å². The highest BCUT2D eigenvalue weighted by atomic mass is 32.1. The zero-order chi connectivity index (χ0) is 14.3. The number of piperidine rings is 1. The predicted octanol–water partition coefficient (Wildman–Crippen LogP) is 0.990. The van der Waals surface area contributed by atoms with Crippen molar-refractivity contribution < 1.29 is 0 Å². The first-order valence-corrected chi connectivity index (χ1v) is 7.65. The molecule has 0 aliphatic carbocycles. The fourth-order valence-corrected chi connectivity index (χ4v) is 3.62. The number of nitrogens with zero attached hydrogens (tertiary/aromatic N) is 5. The Kier molecular flexibility index (Phi) is 3.47. The van der Waals surface area contributed by atoms with Crippen molar-refractivity contribution in [2.45, 2.75) is 25.8 Å². The van der Waals surface area contributed by atoms with E-state index in [1.165, 1.54) is 21.9 Å². The first kappa shape index (κ1) is 13.5. The summed E-state index contributed by atoms with van der Waals surface area (Å²) in [6, 6.07) is 2.16. The molecule has 1 saturated heterocycles. The smallest absolute Gasteiger partial charge is 0.275 e. The minimum Gasteiger partial charge on any atom is -0.347 e. The van der Waals surface area contributed by atoms with Crippen LogP contribution in [0, 0.1) is 6.92 Å². The molecule has 3 rings (SSSR count). The quantitative estimate of drug-likeness (QED) is 0.826. The highest BCUT2D eigenvalue weighted by molar-refractivity contribution is 7.20. The van der Waals surface area contributed by atoms with Crippen molar-refractivity contribution in [1.82, 2.24) is 19.5 Å². The van der Waals surface area contributed by atoms with Gasteiger partial charge in [0.15, 0.2) is 0 Å². The maximum Gasteiger partial charge on any atom is 0.275 e. The fourth-order valence-electron chi connectivity index (χ4n) is 2.61. The first-order valence-electron chi connectivity index (χ1n) is 6.83. The zero-order valence-electron chi connectivity index (χ0n) is 12.0. The summed E-state index contributed by atoms with van der Waals surface area (Å²) in [5, 5.41) is 5.32. The lowest BCUT2D eigenvalue weighted by atomic mass is 10.1. The van der Waals surface area contributed by atoms with Gasteiger partial charge in [0, 0.05) is 30.9 Å². The van der Waals surface area contributed by atoms with Crippen molar-refractivity contribution in [3.63, 3.8) is 0 Å². The van der Waals surface area contributed by atoms with Gasteiger partial charge in [0.05, 0.1) is 0 Å². The minimum atomic E-state index is -0.0989. The summed E-state index contributed by atoms with van der Waals surface area (Å²) in [5.41, 5.74) is 0.648. The molecule has 20 heavy (non-hydrogen) atoms. The molecule has 0 N–H and O–H groups in total. The van der Waals surface area contributed by atoms with Crippen LogP contribution in [0.3, 0.4) is 0 Å². The third-order valence-electron chi connectivity index (χ3n) is 3.83. The largest absolute Gasteiger partial charge is 0.347 e. The summed E-state index contributed by atoms with van der Waals surface area (Å²) >= 11 is 1.49. The maximum atomic E-state index is 11.9. The van der Waals surface area contributed by atoms with Gasteiger partial charge in [0.25, 0.3) is 5.56 Å². The van der Waals surface area contributed by atoms with E-state index in [9.17, 15) is 4.79 Å². The van der Waals surface area contributed by atoms with Gasteiger partial charge in [0.2, 0.25) is 10.1 Å². The lowest BCUT2D eigenvalue weighted by Crippen LogP contribution is -2.42. The van der Waals surface area contributed by atoms with Crippen LogP contribution in [0.25, 0.3) is 4.96 Å². The average Bonchev–Trinajstić information content (AvgIpc) is 2.83. The molecule has 0 radical (unpaired) electrons. The van der Waals surface area contributed by atoms with Gasteiger partial charge in [-0.2, -0.15) is 4.52 Å². The molecular weight excluding hydrogens is 274 g/mol. The van der Waals surface area contributed by atoms with Crippen LogP contribution in [0.1, 0.15) is 18.5 Å². The highest BCUT2D eigenvalue weighted by Gasteiger charge is 2.23. The van der Waals surface area contributed by atoms with Crippen molar-refractivity contribution in [1.29, 1.82) is 0 Å². The number of hydrogen-bond donors (Lipinski definition) is 0. The van der Waals surface area contributed by atoms with Gasteiger partial charge in [0.1, 0.15) is 0 Å². The molecule has 108 valence electrons. The van der Waals surface area contributed by atoms with Gasteiger partial charge < -0.3 is 9.80 Å². The zero-order valence-corrected chi connectivity index (χ0v) is 12.9. The van der Waals surface area contributed by atoms with Crippen LogP contribution >= 0.6 is 11.3 Å². The third kappa shape index (κ3) is 2.43. The van der Waals surface area contributed by atoms with Crippen LogP contribution in [0.5, 0.6) is 0 Å². The number of hydrogen-bond acceptors (Lipinski definition) is 6. The third-order valence-corrected chi connectivity index (χ3v) is 4.80. The summed E-state index contributed by atoms with van der Waals surface area (Å²) in [7, 11) is 4.26. The van der Waals surface area contributed by atoms with Crippen molar-refractivity contribution in [3.05, 3.63) is 22.1 Å². The average molecular weight is 293 g/mol. The monoisotopic (exact) mass is 293 g/mol. The lowest BCUT2D eigenvalue weighted by molar-refractivity contribution is 0.249. The Labute approximate surface area is 121 Å². The summed E-state index contributed by atoms with van der Waals surface area (Å²) in [6.07, 6.45) is 2.26. The molecule has 1 aliphatic rings. The van der Waals surface area contributed by atoms with E-state index in [1.54, 1.807) is 0 Å². The van der Waals surface area contributed by atoms with Gasteiger partial charge in [-0.1, -0.05) is 11.3 Å². The molecule has 2 aromatic heterocycles. The second kappa shape index (κ2) is 5.14. The number of fused-ring (bicyclic) bond motifs is 1. The minimum absolute atomic E-state index is 0.0989. The molecule has 0 bridgehead atoms. The molecule has 7 heteroatoms. The Morgan fingerprint density at radius 1 is 1.35 bits per heavy atom. The number of aromatic nitrogens is 3. The number of rotatable bonds is 2.